The zero-order chi connectivity index (χ0) is 13.1. The second-order valence-corrected chi connectivity index (χ2v) is 4.84. The van der Waals surface area contributed by atoms with E-state index in [1.165, 1.54) is 0 Å². The fourth-order valence-electron chi connectivity index (χ4n) is 1.76. The Balaban J connectivity index is 2.05. The minimum absolute atomic E-state index is 0.665. The first kappa shape index (κ1) is 12.9. The molecule has 2 rings (SSSR count). The SMILES string of the molecule is CN(C)CCN(C)Cc1nc2c(N)cccc2o1. The van der Waals surface area contributed by atoms with Crippen molar-refractivity contribution >= 4 is 16.8 Å². The van der Waals surface area contributed by atoms with Crippen LogP contribution >= 0.6 is 0 Å². The number of hydrogen-bond donors (Lipinski definition) is 1. The summed E-state index contributed by atoms with van der Waals surface area (Å²) in [6, 6.07) is 5.61. The number of nitrogens with two attached hydrogens (primary N) is 1. The molecular weight excluding hydrogens is 228 g/mol. The summed E-state index contributed by atoms with van der Waals surface area (Å²) in [5, 5.41) is 0. The number of nitrogen functional groups attached to an aromatic ring is 1. The van der Waals surface area contributed by atoms with Crippen LogP contribution in [-0.4, -0.2) is 49.0 Å². The van der Waals surface area contributed by atoms with Crippen molar-refractivity contribution in [2.45, 2.75) is 6.54 Å². The van der Waals surface area contributed by atoms with E-state index >= 15 is 0 Å². The van der Waals surface area contributed by atoms with E-state index in [-0.39, 0.29) is 0 Å². The molecule has 0 aliphatic heterocycles. The summed E-state index contributed by atoms with van der Waals surface area (Å²) in [7, 11) is 6.18. The van der Waals surface area contributed by atoms with E-state index in [9.17, 15) is 0 Å². The van der Waals surface area contributed by atoms with Gasteiger partial charge in [0.25, 0.3) is 0 Å². The van der Waals surface area contributed by atoms with Crippen molar-refractivity contribution in [3.63, 3.8) is 0 Å². The number of hydrogen-bond acceptors (Lipinski definition) is 5. The summed E-state index contributed by atoms with van der Waals surface area (Å²) in [4.78, 5) is 8.77. The summed E-state index contributed by atoms with van der Waals surface area (Å²) in [6.45, 7) is 2.68. The maximum absolute atomic E-state index is 5.86. The Morgan fingerprint density at radius 1 is 1.22 bits per heavy atom. The van der Waals surface area contributed by atoms with Crippen molar-refractivity contribution in [3.05, 3.63) is 24.1 Å². The molecule has 1 heterocycles. The lowest BCUT2D eigenvalue weighted by molar-refractivity contribution is 0.256. The van der Waals surface area contributed by atoms with Gasteiger partial charge in [-0.1, -0.05) is 6.07 Å². The lowest BCUT2D eigenvalue weighted by Crippen LogP contribution is -2.28. The van der Waals surface area contributed by atoms with E-state index in [1.807, 2.05) is 18.2 Å². The topological polar surface area (TPSA) is 58.5 Å². The highest BCUT2D eigenvalue weighted by Crippen LogP contribution is 2.21. The highest BCUT2D eigenvalue weighted by Gasteiger charge is 2.10. The van der Waals surface area contributed by atoms with Crippen molar-refractivity contribution < 1.29 is 4.42 Å². The molecule has 1 aromatic carbocycles. The highest BCUT2D eigenvalue weighted by molar-refractivity contribution is 5.85. The smallest absolute Gasteiger partial charge is 0.209 e. The monoisotopic (exact) mass is 248 g/mol. The van der Waals surface area contributed by atoms with Crippen LogP contribution in [0.4, 0.5) is 5.69 Å². The van der Waals surface area contributed by atoms with E-state index in [0.29, 0.717) is 18.1 Å². The first-order chi connectivity index (χ1) is 8.56. The molecule has 0 unspecified atom stereocenters. The molecular formula is C13H20N4O. The number of benzene rings is 1. The average molecular weight is 248 g/mol. The largest absolute Gasteiger partial charge is 0.439 e. The third kappa shape index (κ3) is 3.00. The molecule has 2 aromatic rings. The molecule has 0 radical (unpaired) electrons. The summed E-state index contributed by atoms with van der Waals surface area (Å²) >= 11 is 0. The van der Waals surface area contributed by atoms with Crippen LogP contribution in [0.1, 0.15) is 5.89 Å². The van der Waals surface area contributed by atoms with Gasteiger partial charge >= 0.3 is 0 Å². The van der Waals surface area contributed by atoms with E-state index in [1.54, 1.807) is 0 Å². The molecule has 2 N–H and O–H groups in total. The first-order valence-corrected chi connectivity index (χ1v) is 6.03. The molecule has 0 fully saturated rings. The van der Waals surface area contributed by atoms with E-state index in [0.717, 1.165) is 24.2 Å². The van der Waals surface area contributed by atoms with Crippen LogP contribution in [0.2, 0.25) is 0 Å². The van der Waals surface area contributed by atoms with Crippen LogP contribution in [0, 0.1) is 0 Å². The molecule has 0 bridgehead atoms. The Kier molecular flexibility index (Phi) is 3.84. The fraction of sp³-hybridized carbons (Fsp3) is 0.462. The van der Waals surface area contributed by atoms with Gasteiger partial charge in [0.05, 0.1) is 12.2 Å². The minimum Gasteiger partial charge on any atom is -0.439 e. The zero-order valence-corrected chi connectivity index (χ0v) is 11.2. The highest BCUT2D eigenvalue weighted by atomic mass is 16.3. The van der Waals surface area contributed by atoms with Crippen molar-refractivity contribution in [3.8, 4) is 0 Å². The first-order valence-electron chi connectivity index (χ1n) is 6.03. The van der Waals surface area contributed by atoms with E-state index in [4.69, 9.17) is 10.2 Å². The fourth-order valence-corrected chi connectivity index (χ4v) is 1.76. The molecule has 0 aliphatic rings. The van der Waals surface area contributed by atoms with Gasteiger partial charge in [0.1, 0.15) is 5.52 Å². The molecule has 0 atom stereocenters. The maximum Gasteiger partial charge on any atom is 0.209 e. The number of oxazole rings is 1. The summed E-state index contributed by atoms with van der Waals surface area (Å²) < 4.78 is 5.68. The number of anilines is 1. The van der Waals surface area contributed by atoms with Gasteiger partial charge in [0, 0.05) is 13.1 Å². The van der Waals surface area contributed by atoms with E-state index < -0.39 is 0 Å². The second kappa shape index (κ2) is 5.37. The van der Waals surface area contributed by atoms with Crippen molar-refractivity contribution in [1.29, 1.82) is 0 Å². The van der Waals surface area contributed by atoms with Crippen LogP contribution in [-0.2, 0) is 6.54 Å². The molecule has 0 spiro atoms. The average Bonchev–Trinajstić information content (AvgIpc) is 2.70. The number of fused-ring (bicyclic) bond motifs is 1. The molecule has 5 nitrogen and oxygen atoms in total. The molecule has 18 heavy (non-hydrogen) atoms. The Morgan fingerprint density at radius 2 is 2.00 bits per heavy atom. The normalized spacial score (nSPS) is 11.8. The van der Waals surface area contributed by atoms with Crippen molar-refractivity contribution in [1.82, 2.24) is 14.8 Å². The van der Waals surface area contributed by atoms with Gasteiger partial charge in [0.15, 0.2) is 5.58 Å². The van der Waals surface area contributed by atoms with Crippen molar-refractivity contribution in [2.24, 2.45) is 0 Å². The molecule has 1 aromatic heterocycles. The second-order valence-electron chi connectivity index (χ2n) is 4.84. The van der Waals surface area contributed by atoms with Gasteiger partial charge in [0.2, 0.25) is 5.89 Å². The lowest BCUT2D eigenvalue weighted by Gasteiger charge is -2.17. The Hall–Kier alpha value is -1.59. The summed E-state index contributed by atoms with van der Waals surface area (Å²) in [6.07, 6.45) is 0. The number of aromatic nitrogens is 1. The minimum atomic E-state index is 0.665. The lowest BCUT2D eigenvalue weighted by atomic mass is 10.3. The van der Waals surface area contributed by atoms with Gasteiger partial charge < -0.3 is 15.1 Å². The molecule has 0 saturated heterocycles. The van der Waals surface area contributed by atoms with Crippen LogP contribution in [0.25, 0.3) is 11.1 Å². The predicted octanol–water partition coefficient (Wildman–Crippen LogP) is 1.40. The van der Waals surface area contributed by atoms with Crippen LogP contribution in [0.3, 0.4) is 0 Å². The molecule has 98 valence electrons. The Morgan fingerprint density at radius 3 is 2.67 bits per heavy atom. The van der Waals surface area contributed by atoms with Gasteiger partial charge in [-0.2, -0.15) is 0 Å². The maximum atomic E-state index is 5.86. The van der Waals surface area contributed by atoms with Gasteiger partial charge in [-0.05, 0) is 33.3 Å². The van der Waals surface area contributed by atoms with Crippen LogP contribution in [0.15, 0.2) is 22.6 Å². The summed E-state index contributed by atoms with van der Waals surface area (Å²) in [5.41, 5.74) is 8.03. The van der Waals surface area contributed by atoms with Crippen LogP contribution < -0.4 is 5.73 Å². The quantitative estimate of drug-likeness (QED) is 0.811. The summed E-state index contributed by atoms with van der Waals surface area (Å²) in [5.74, 6) is 0.712. The van der Waals surface area contributed by atoms with Crippen LogP contribution in [0.5, 0.6) is 0 Å². The van der Waals surface area contributed by atoms with Gasteiger partial charge in [-0.3, -0.25) is 4.90 Å². The standard InChI is InChI=1S/C13H20N4O/c1-16(2)7-8-17(3)9-12-15-13-10(14)5-4-6-11(13)18-12/h4-6H,7-9,14H2,1-3H3. The zero-order valence-electron chi connectivity index (χ0n) is 11.2. The Bertz CT molecular complexity index is 521. The molecule has 0 saturated carbocycles. The van der Waals surface area contributed by atoms with Gasteiger partial charge in [-0.25, -0.2) is 4.98 Å². The molecule has 0 amide bonds. The number of nitrogens with zero attached hydrogens (tertiary/aromatic N) is 3. The molecule has 5 heteroatoms. The third-order valence-corrected chi connectivity index (χ3v) is 2.83. The van der Waals surface area contributed by atoms with Crippen molar-refractivity contribution in [2.75, 3.05) is 40.0 Å². The number of para-hydroxylation sites is 1. The third-order valence-electron chi connectivity index (χ3n) is 2.83. The molecule has 0 aliphatic carbocycles. The predicted molar refractivity (Wildman–Crippen MR) is 73.3 cm³/mol. The number of rotatable bonds is 5. The Labute approximate surface area is 107 Å². The van der Waals surface area contributed by atoms with Gasteiger partial charge in [-0.15, -0.1) is 0 Å². The van der Waals surface area contributed by atoms with E-state index in [2.05, 4.69) is 35.9 Å². The number of likely N-dealkylation sites (N-methyl/N-ethyl adjacent to an activating group) is 2.